The summed E-state index contributed by atoms with van der Waals surface area (Å²) in [6.45, 7) is 3.64. The molecule has 128 valence electrons. The van der Waals surface area contributed by atoms with Gasteiger partial charge in [-0.05, 0) is 12.5 Å². The molecular formula is C16H21F3N2O2. The molecule has 1 aromatic rings. The van der Waals surface area contributed by atoms with E-state index in [4.69, 9.17) is 4.74 Å². The van der Waals surface area contributed by atoms with Crippen LogP contribution >= 0.6 is 0 Å². The van der Waals surface area contributed by atoms with Crippen molar-refractivity contribution in [1.82, 2.24) is 9.80 Å². The van der Waals surface area contributed by atoms with Crippen molar-refractivity contribution in [2.45, 2.75) is 26.1 Å². The van der Waals surface area contributed by atoms with E-state index in [2.05, 4.69) is 4.90 Å². The molecule has 0 aliphatic carbocycles. The standard InChI is InChI=1S/C16H21F3N2O2/c1-13(22)21-8-4-7-20(9-10-21)11-14-5-2-3-6-15(14)23-12-16(17,18)19/h2-3,5-6H,4,7-12H2,1H3. The predicted octanol–water partition coefficient (Wildman–Crippen LogP) is 2.68. The lowest BCUT2D eigenvalue weighted by Gasteiger charge is -2.22. The molecule has 23 heavy (non-hydrogen) atoms. The summed E-state index contributed by atoms with van der Waals surface area (Å²) in [5, 5.41) is 0. The van der Waals surface area contributed by atoms with Crippen LogP contribution in [-0.4, -0.2) is 54.7 Å². The molecule has 7 heteroatoms. The summed E-state index contributed by atoms with van der Waals surface area (Å²) in [6, 6.07) is 6.78. The molecule has 1 amide bonds. The maximum Gasteiger partial charge on any atom is 0.422 e. The maximum absolute atomic E-state index is 12.3. The van der Waals surface area contributed by atoms with Gasteiger partial charge < -0.3 is 9.64 Å². The van der Waals surface area contributed by atoms with E-state index >= 15 is 0 Å². The number of amides is 1. The summed E-state index contributed by atoms with van der Waals surface area (Å²) in [6.07, 6.45) is -3.50. The number of ether oxygens (including phenoxy) is 1. The first-order valence-electron chi connectivity index (χ1n) is 7.60. The Morgan fingerprint density at radius 2 is 1.91 bits per heavy atom. The van der Waals surface area contributed by atoms with Crippen LogP contribution in [0.1, 0.15) is 18.9 Å². The Kier molecular flexibility index (Phi) is 5.87. The molecule has 0 bridgehead atoms. The van der Waals surface area contributed by atoms with E-state index in [0.717, 1.165) is 25.1 Å². The summed E-state index contributed by atoms with van der Waals surface area (Å²) in [4.78, 5) is 15.4. The number of nitrogens with zero attached hydrogens (tertiary/aromatic N) is 2. The number of rotatable bonds is 4. The van der Waals surface area contributed by atoms with E-state index in [9.17, 15) is 18.0 Å². The number of hydrogen-bond donors (Lipinski definition) is 0. The van der Waals surface area contributed by atoms with Gasteiger partial charge in [-0.2, -0.15) is 13.2 Å². The van der Waals surface area contributed by atoms with Gasteiger partial charge in [0, 0.05) is 45.2 Å². The zero-order chi connectivity index (χ0) is 16.9. The van der Waals surface area contributed by atoms with E-state index in [1.807, 2.05) is 0 Å². The highest BCUT2D eigenvalue weighted by molar-refractivity contribution is 5.73. The molecule has 0 saturated carbocycles. The van der Waals surface area contributed by atoms with Gasteiger partial charge in [-0.25, -0.2) is 0 Å². The quantitative estimate of drug-likeness (QED) is 0.851. The van der Waals surface area contributed by atoms with Crippen molar-refractivity contribution in [2.24, 2.45) is 0 Å². The minimum atomic E-state index is -4.35. The highest BCUT2D eigenvalue weighted by Crippen LogP contribution is 2.23. The van der Waals surface area contributed by atoms with Crippen molar-refractivity contribution in [2.75, 3.05) is 32.8 Å². The number of halogens is 3. The molecule has 0 radical (unpaired) electrons. The molecule has 1 aromatic carbocycles. The molecule has 1 aliphatic rings. The second kappa shape index (κ2) is 7.68. The molecule has 4 nitrogen and oxygen atoms in total. The number of hydrogen-bond acceptors (Lipinski definition) is 3. The van der Waals surface area contributed by atoms with Gasteiger partial charge in [0.25, 0.3) is 0 Å². The first kappa shape index (κ1) is 17.6. The molecule has 1 fully saturated rings. The Balaban J connectivity index is 1.98. The average molecular weight is 330 g/mol. The minimum absolute atomic E-state index is 0.0563. The van der Waals surface area contributed by atoms with Crippen molar-refractivity contribution in [1.29, 1.82) is 0 Å². The van der Waals surface area contributed by atoms with Crippen molar-refractivity contribution in [3.8, 4) is 5.75 Å². The average Bonchev–Trinajstić information content (AvgIpc) is 2.71. The Morgan fingerprint density at radius 1 is 1.17 bits per heavy atom. The van der Waals surface area contributed by atoms with Crippen LogP contribution in [-0.2, 0) is 11.3 Å². The molecule has 2 rings (SSSR count). The maximum atomic E-state index is 12.3. The molecule has 0 spiro atoms. The van der Waals surface area contributed by atoms with Crippen molar-refractivity contribution in [3.05, 3.63) is 29.8 Å². The number of benzene rings is 1. The summed E-state index contributed by atoms with van der Waals surface area (Å²) < 4.78 is 41.9. The van der Waals surface area contributed by atoms with Gasteiger partial charge in [0.05, 0.1) is 0 Å². The van der Waals surface area contributed by atoms with E-state index < -0.39 is 12.8 Å². The smallest absolute Gasteiger partial charge is 0.422 e. The van der Waals surface area contributed by atoms with Crippen LogP contribution in [0.3, 0.4) is 0 Å². The van der Waals surface area contributed by atoms with Crippen LogP contribution in [0.5, 0.6) is 5.75 Å². The number of carbonyl (C=O) groups is 1. The first-order chi connectivity index (χ1) is 10.8. The Labute approximate surface area is 133 Å². The topological polar surface area (TPSA) is 32.8 Å². The predicted molar refractivity (Wildman–Crippen MR) is 80.1 cm³/mol. The minimum Gasteiger partial charge on any atom is -0.484 e. The highest BCUT2D eigenvalue weighted by atomic mass is 19.4. The number of para-hydroxylation sites is 1. The second-order valence-corrected chi connectivity index (χ2v) is 5.65. The van der Waals surface area contributed by atoms with Crippen LogP contribution in [0, 0.1) is 0 Å². The van der Waals surface area contributed by atoms with Crippen LogP contribution in [0.2, 0.25) is 0 Å². The lowest BCUT2D eigenvalue weighted by Crippen LogP contribution is -2.33. The SMILES string of the molecule is CC(=O)N1CCCN(Cc2ccccc2OCC(F)(F)F)CC1. The lowest BCUT2D eigenvalue weighted by molar-refractivity contribution is -0.153. The van der Waals surface area contributed by atoms with Crippen LogP contribution in [0.25, 0.3) is 0 Å². The Hall–Kier alpha value is -1.76. The summed E-state index contributed by atoms with van der Waals surface area (Å²) in [5.41, 5.74) is 0.730. The molecule has 1 heterocycles. The molecule has 0 aromatic heterocycles. The van der Waals surface area contributed by atoms with Crippen LogP contribution < -0.4 is 4.74 Å². The Morgan fingerprint density at radius 3 is 2.61 bits per heavy atom. The second-order valence-electron chi connectivity index (χ2n) is 5.65. The molecule has 0 N–H and O–H groups in total. The zero-order valence-electron chi connectivity index (χ0n) is 13.1. The monoisotopic (exact) mass is 330 g/mol. The summed E-state index contributed by atoms with van der Waals surface area (Å²) >= 11 is 0. The lowest BCUT2D eigenvalue weighted by atomic mass is 10.2. The van der Waals surface area contributed by atoms with Crippen molar-refractivity contribution < 1.29 is 22.7 Å². The van der Waals surface area contributed by atoms with Gasteiger partial charge in [0.2, 0.25) is 5.91 Å². The normalized spacial score (nSPS) is 17.0. The zero-order valence-corrected chi connectivity index (χ0v) is 13.1. The number of carbonyl (C=O) groups excluding carboxylic acids is 1. The van der Waals surface area contributed by atoms with Gasteiger partial charge >= 0.3 is 6.18 Å². The fourth-order valence-electron chi connectivity index (χ4n) is 2.62. The largest absolute Gasteiger partial charge is 0.484 e. The molecular weight excluding hydrogens is 309 g/mol. The first-order valence-corrected chi connectivity index (χ1v) is 7.60. The van der Waals surface area contributed by atoms with Crippen molar-refractivity contribution >= 4 is 5.91 Å². The van der Waals surface area contributed by atoms with Gasteiger partial charge in [0.15, 0.2) is 6.61 Å². The third-order valence-corrected chi connectivity index (χ3v) is 3.79. The van der Waals surface area contributed by atoms with Gasteiger partial charge in [-0.3, -0.25) is 9.69 Å². The van der Waals surface area contributed by atoms with E-state index in [1.54, 1.807) is 36.1 Å². The molecule has 1 saturated heterocycles. The van der Waals surface area contributed by atoms with E-state index in [-0.39, 0.29) is 11.7 Å². The van der Waals surface area contributed by atoms with Gasteiger partial charge in [-0.1, -0.05) is 18.2 Å². The summed E-state index contributed by atoms with van der Waals surface area (Å²) in [7, 11) is 0. The molecule has 0 atom stereocenters. The van der Waals surface area contributed by atoms with Gasteiger partial charge in [0.1, 0.15) is 5.75 Å². The molecule has 1 aliphatic heterocycles. The van der Waals surface area contributed by atoms with Crippen LogP contribution in [0.15, 0.2) is 24.3 Å². The third-order valence-electron chi connectivity index (χ3n) is 3.79. The highest BCUT2D eigenvalue weighted by Gasteiger charge is 2.29. The van der Waals surface area contributed by atoms with Crippen molar-refractivity contribution in [3.63, 3.8) is 0 Å². The fourth-order valence-corrected chi connectivity index (χ4v) is 2.62. The van der Waals surface area contributed by atoms with E-state index in [1.165, 1.54) is 0 Å². The fraction of sp³-hybridized carbons (Fsp3) is 0.562. The Bertz CT molecular complexity index is 534. The number of alkyl halides is 3. The third kappa shape index (κ3) is 5.74. The molecule has 0 unspecified atom stereocenters. The van der Waals surface area contributed by atoms with Gasteiger partial charge in [-0.15, -0.1) is 0 Å². The summed E-state index contributed by atoms with van der Waals surface area (Å²) in [5.74, 6) is 0.318. The van der Waals surface area contributed by atoms with E-state index in [0.29, 0.717) is 19.6 Å². The van der Waals surface area contributed by atoms with Crippen LogP contribution in [0.4, 0.5) is 13.2 Å².